The summed E-state index contributed by atoms with van der Waals surface area (Å²) in [7, 11) is 3.32. The van der Waals surface area contributed by atoms with Crippen LogP contribution in [-0.2, 0) is 4.74 Å². The molecule has 0 atom stereocenters. The second kappa shape index (κ2) is 10.7. The van der Waals surface area contributed by atoms with Crippen LogP contribution in [0, 0.1) is 11.7 Å². The monoisotopic (exact) mass is 434 g/mol. The lowest BCUT2D eigenvalue weighted by Crippen LogP contribution is -2.36. The fraction of sp³-hybridized carbons (Fsp3) is 0.609. The van der Waals surface area contributed by atoms with Crippen molar-refractivity contribution in [1.29, 1.82) is 0 Å². The molecule has 4 N–H and O–H groups in total. The maximum absolute atomic E-state index is 14.7. The highest BCUT2D eigenvalue weighted by molar-refractivity contribution is 5.69. The summed E-state index contributed by atoms with van der Waals surface area (Å²) in [5.41, 5.74) is 7.37. The molecule has 1 aromatic carbocycles. The van der Waals surface area contributed by atoms with Crippen molar-refractivity contribution in [3.05, 3.63) is 35.3 Å². The Balaban J connectivity index is 1.65. The van der Waals surface area contributed by atoms with E-state index in [4.69, 9.17) is 21.1 Å². The number of likely N-dealkylation sites (N-methyl/N-ethyl adjacent to an activating group) is 1. The van der Waals surface area contributed by atoms with Crippen molar-refractivity contribution < 1.29 is 18.7 Å². The molecule has 0 heterocycles. The van der Waals surface area contributed by atoms with E-state index in [1.165, 1.54) is 23.9 Å². The largest absolute Gasteiger partial charge is 0.487 e. The normalized spacial score (nSPS) is 18.1. The van der Waals surface area contributed by atoms with Gasteiger partial charge in [0.15, 0.2) is 11.6 Å². The van der Waals surface area contributed by atoms with Crippen LogP contribution in [-0.4, -0.2) is 49.4 Å². The van der Waals surface area contributed by atoms with E-state index in [2.05, 4.69) is 0 Å². The first-order valence-corrected chi connectivity index (χ1v) is 11.2. The smallest absolute Gasteiger partial charge is 0.409 e. The van der Waals surface area contributed by atoms with Crippen LogP contribution in [0.5, 0.6) is 5.75 Å². The number of hydrazine groups is 1. The molecule has 1 amide bonds. The number of carbonyl (C=O) groups is 1. The molecule has 1 aromatic rings. The molecule has 172 valence electrons. The summed E-state index contributed by atoms with van der Waals surface area (Å²) in [6, 6.07) is 4.63. The number of rotatable bonds is 8. The Morgan fingerprint density at radius 2 is 1.84 bits per heavy atom. The Morgan fingerprint density at radius 3 is 2.42 bits per heavy atom. The van der Waals surface area contributed by atoms with Gasteiger partial charge in [0.05, 0.1) is 17.5 Å². The SMILES string of the molecule is CN(CC1CCC1)C(=O)OC/C(=C(/N)c1ccc(OC2CCCCC2)c(F)c1)N(C)N. The maximum Gasteiger partial charge on any atom is 0.409 e. The van der Waals surface area contributed by atoms with Crippen molar-refractivity contribution in [2.45, 2.75) is 57.5 Å². The van der Waals surface area contributed by atoms with E-state index in [1.807, 2.05) is 0 Å². The van der Waals surface area contributed by atoms with Gasteiger partial charge >= 0.3 is 6.09 Å². The number of nitrogens with two attached hydrogens (primary N) is 2. The van der Waals surface area contributed by atoms with Crippen LogP contribution in [0.3, 0.4) is 0 Å². The second-order valence-electron chi connectivity index (χ2n) is 8.73. The highest BCUT2D eigenvalue weighted by Gasteiger charge is 2.23. The molecule has 2 saturated carbocycles. The number of hydrogen-bond donors (Lipinski definition) is 2. The van der Waals surface area contributed by atoms with E-state index in [0.717, 1.165) is 38.5 Å². The molecule has 0 spiro atoms. The topological polar surface area (TPSA) is 94.0 Å². The Kier molecular flexibility index (Phi) is 8.01. The third-order valence-corrected chi connectivity index (χ3v) is 6.23. The molecular weight excluding hydrogens is 399 g/mol. The Bertz CT molecular complexity index is 789. The molecule has 0 radical (unpaired) electrons. The minimum Gasteiger partial charge on any atom is -0.487 e. The summed E-state index contributed by atoms with van der Waals surface area (Å²) in [5.74, 6) is 6.22. The van der Waals surface area contributed by atoms with Crippen LogP contribution >= 0.6 is 0 Å². The molecule has 0 bridgehead atoms. The molecule has 3 rings (SSSR count). The minimum absolute atomic E-state index is 0.0593. The molecule has 2 aliphatic rings. The first-order valence-electron chi connectivity index (χ1n) is 11.2. The van der Waals surface area contributed by atoms with Crippen molar-refractivity contribution in [2.75, 3.05) is 27.2 Å². The number of benzene rings is 1. The predicted molar refractivity (Wildman–Crippen MR) is 118 cm³/mol. The van der Waals surface area contributed by atoms with Gasteiger partial charge in [0.25, 0.3) is 0 Å². The Hall–Kier alpha value is -2.48. The van der Waals surface area contributed by atoms with Gasteiger partial charge in [0.1, 0.15) is 6.61 Å². The van der Waals surface area contributed by atoms with Gasteiger partial charge in [-0.05, 0) is 62.6 Å². The average Bonchev–Trinajstić information content (AvgIpc) is 2.72. The van der Waals surface area contributed by atoms with Crippen LogP contribution in [0.4, 0.5) is 9.18 Å². The molecule has 0 aromatic heterocycles. The number of halogens is 1. The molecule has 2 fully saturated rings. The highest BCUT2D eigenvalue weighted by Crippen LogP contribution is 2.28. The average molecular weight is 435 g/mol. The summed E-state index contributed by atoms with van der Waals surface area (Å²) < 4.78 is 25.9. The van der Waals surface area contributed by atoms with Crippen molar-refractivity contribution >= 4 is 11.8 Å². The van der Waals surface area contributed by atoms with E-state index < -0.39 is 11.9 Å². The van der Waals surface area contributed by atoms with E-state index >= 15 is 0 Å². The molecule has 7 nitrogen and oxygen atoms in total. The number of amides is 1. The standard InChI is InChI=1S/C23H35FN4O3/c1-27(14-16-7-6-8-16)23(29)30-15-20(28(2)26)22(25)17-11-12-21(19(24)13-17)31-18-9-4-3-5-10-18/h11-13,16,18H,3-10,14-15,25-26H2,1-2H3/b22-20-. The number of hydrogen-bond acceptors (Lipinski definition) is 6. The lowest BCUT2D eigenvalue weighted by atomic mass is 9.85. The van der Waals surface area contributed by atoms with Gasteiger partial charge in [0, 0.05) is 26.2 Å². The maximum atomic E-state index is 14.7. The quantitative estimate of drug-likeness (QED) is 0.477. The lowest BCUT2D eigenvalue weighted by Gasteiger charge is -2.30. The van der Waals surface area contributed by atoms with Gasteiger partial charge in [-0.25, -0.2) is 15.0 Å². The molecule has 0 aliphatic heterocycles. The van der Waals surface area contributed by atoms with Gasteiger partial charge in [-0.15, -0.1) is 0 Å². The molecule has 0 saturated heterocycles. The van der Waals surface area contributed by atoms with Crippen molar-refractivity contribution in [1.82, 2.24) is 9.91 Å². The van der Waals surface area contributed by atoms with Gasteiger partial charge < -0.3 is 25.1 Å². The summed E-state index contributed by atoms with van der Waals surface area (Å²) in [6.45, 7) is 0.577. The van der Waals surface area contributed by atoms with Crippen LogP contribution in [0.25, 0.3) is 5.70 Å². The molecule has 8 heteroatoms. The third-order valence-electron chi connectivity index (χ3n) is 6.23. The van der Waals surface area contributed by atoms with Gasteiger partial charge in [-0.2, -0.15) is 0 Å². The first kappa shape index (κ1) is 23.2. The van der Waals surface area contributed by atoms with E-state index in [0.29, 0.717) is 23.7 Å². The summed E-state index contributed by atoms with van der Waals surface area (Å²) in [5, 5.41) is 1.29. The van der Waals surface area contributed by atoms with E-state index in [9.17, 15) is 9.18 Å². The zero-order valence-corrected chi connectivity index (χ0v) is 18.6. The Labute approximate surface area is 184 Å². The van der Waals surface area contributed by atoms with Crippen LogP contribution < -0.4 is 16.3 Å². The summed E-state index contributed by atoms with van der Waals surface area (Å²) >= 11 is 0. The fourth-order valence-electron chi connectivity index (χ4n) is 4.04. The van der Waals surface area contributed by atoms with Gasteiger partial charge in [0.2, 0.25) is 0 Å². The summed E-state index contributed by atoms with van der Waals surface area (Å²) in [4.78, 5) is 13.9. The minimum atomic E-state index is -0.470. The number of carbonyl (C=O) groups excluding carboxylic acids is 1. The molecule has 2 aliphatic carbocycles. The molecule has 31 heavy (non-hydrogen) atoms. The summed E-state index contributed by atoms with van der Waals surface area (Å²) in [6.07, 6.45) is 8.47. The van der Waals surface area contributed by atoms with Crippen molar-refractivity contribution in [3.8, 4) is 5.75 Å². The zero-order valence-electron chi connectivity index (χ0n) is 18.6. The van der Waals surface area contributed by atoms with E-state index in [-0.39, 0.29) is 24.2 Å². The second-order valence-corrected chi connectivity index (χ2v) is 8.73. The van der Waals surface area contributed by atoms with Gasteiger partial charge in [-0.3, -0.25) is 0 Å². The van der Waals surface area contributed by atoms with Crippen molar-refractivity contribution in [2.24, 2.45) is 17.5 Å². The third kappa shape index (κ3) is 6.26. The van der Waals surface area contributed by atoms with Crippen LogP contribution in [0.1, 0.15) is 56.9 Å². The zero-order chi connectivity index (χ0) is 22.4. The van der Waals surface area contributed by atoms with Crippen molar-refractivity contribution in [3.63, 3.8) is 0 Å². The molecular formula is C23H35FN4O3. The van der Waals surface area contributed by atoms with Crippen LogP contribution in [0.2, 0.25) is 0 Å². The predicted octanol–water partition coefficient (Wildman–Crippen LogP) is 3.84. The van der Waals surface area contributed by atoms with Gasteiger partial charge in [-0.1, -0.05) is 12.8 Å². The van der Waals surface area contributed by atoms with E-state index in [1.54, 1.807) is 31.1 Å². The Morgan fingerprint density at radius 1 is 1.13 bits per heavy atom. The number of ether oxygens (including phenoxy) is 2. The first-order chi connectivity index (χ1) is 14.8. The fourth-order valence-corrected chi connectivity index (χ4v) is 4.04. The lowest BCUT2D eigenvalue weighted by molar-refractivity contribution is 0.101. The highest BCUT2D eigenvalue weighted by atomic mass is 19.1. The van der Waals surface area contributed by atoms with Crippen LogP contribution in [0.15, 0.2) is 23.9 Å². The number of nitrogens with zero attached hydrogens (tertiary/aromatic N) is 2. The molecule has 0 unspecified atom stereocenters.